The van der Waals surface area contributed by atoms with Crippen molar-refractivity contribution >= 4 is 0 Å². The zero-order chi connectivity index (χ0) is 11.0. The number of hydrogen-bond donors (Lipinski definition) is 3. The Bertz CT molecular complexity index is 231. The molecule has 0 aliphatic heterocycles. The molecule has 0 aliphatic carbocycles. The minimum absolute atomic E-state index is 0.0997. The predicted octanol–water partition coefficient (Wildman–Crippen LogP) is 2.65. The van der Waals surface area contributed by atoms with Gasteiger partial charge in [-0.15, -0.1) is 0 Å². The third kappa shape index (κ3) is 6.17. The van der Waals surface area contributed by atoms with Gasteiger partial charge in [0, 0.05) is 19.0 Å². The van der Waals surface area contributed by atoms with Gasteiger partial charge in [0.05, 0.1) is 5.76 Å². The molecule has 0 spiro atoms. The Hall–Kier alpha value is -1.38. The van der Waals surface area contributed by atoms with Gasteiger partial charge in [0.1, 0.15) is 5.76 Å². The standard InChI is InChI=1S/C11H19NO2/c1-4-10(13)7-11(14)6-9(3)8-12-5-2/h5-7,9,12-14H,2,4,8H2,1,3H3/b10-7+,11-6+. The van der Waals surface area contributed by atoms with E-state index in [1.165, 1.54) is 6.08 Å². The van der Waals surface area contributed by atoms with E-state index in [4.69, 9.17) is 5.11 Å². The van der Waals surface area contributed by atoms with Crippen LogP contribution in [0.25, 0.3) is 0 Å². The van der Waals surface area contributed by atoms with Crippen molar-refractivity contribution in [3.05, 3.63) is 36.4 Å². The lowest BCUT2D eigenvalue weighted by molar-refractivity contribution is 0.377. The van der Waals surface area contributed by atoms with Crippen LogP contribution in [-0.4, -0.2) is 16.8 Å². The molecule has 0 heterocycles. The summed E-state index contributed by atoms with van der Waals surface area (Å²) >= 11 is 0. The summed E-state index contributed by atoms with van der Waals surface area (Å²) in [6.07, 6.45) is 5.19. The first-order chi connectivity index (χ1) is 6.60. The summed E-state index contributed by atoms with van der Waals surface area (Å²) < 4.78 is 0. The molecule has 1 atom stereocenters. The zero-order valence-electron chi connectivity index (χ0n) is 8.83. The van der Waals surface area contributed by atoms with Gasteiger partial charge in [0.15, 0.2) is 0 Å². The van der Waals surface area contributed by atoms with Gasteiger partial charge in [-0.05, 0) is 18.2 Å². The zero-order valence-corrected chi connectivity index (χ0v) is 8.83. The topological polar surface area (TPSA) is 52.5 Å². The average Bonchev–Trinajstić information content (AvgIpc) is 2.14. The molecular weight excluding hydrogens is 178 g/mol. The van der Waals surface area contributed by atoms with Crippen molar-refractivity contribution in [3.63, 3.8) is 0 Å². The molecule has 0 aliphatic rings. The molecule has 0 rings (SSSR count). The molecule has 0 amide bonds. The van der Waals surface area contributed by atoms with Crippen molar-refractivity contribution in [2.45, 2.75) is 20.3 Å². The lowest BCUT2D eigenvalue weighted by Gasteiger charge is -2.05. The molecule has 0 aromatic carbocycles. The van der Waals surface area contributed by atoms with E-state index in [9.17, 15) is 5.11 Å². The number of rotatable bonds is 6. The highest BCUT2D eigenvalue weighted by molar-refractivity contribution is 5.14. The second kappa shape index (κ2) is 7.06. The van der Waals surface area contributed by atoms with Crippen LogP contribution in [0.2, 0.25) is 0 Å². The second-order valence-corrected chi connectivity index (χ2v) is 3.17. The van der Waals surface area contributed by atoms with Crippen molar-refractivity contribution in [2.75, 3.05) is 6.54 Å². The van der Waals surface area contributed by atoms with Crippen LogP contribution in [-0.2, 0) is 0 Å². The van der Waals surface area contributed by atoms with Crippen LogP contribution < -0.4 is 5.32 Å². The van der Waals surface area contributed by atoms with E-state index < -0.39 is 0 Å². The Kier molecular flexibility index (Phi) is 6.37. The quantitative estimate of drug-likeness (QED) is 0.453. The molecule has 3 nitrogen and oxygen atoms in total. The van der Waals surface area contributed by atoms with Crippen LogP contribution in [0.4, 0.5) is 0 Å². The summed E-state index contributed by atoms with van der Waals surface area (Å²) in [6, 6.07) is 0. The van der Waals surface area contributed by atoms with Gasteiger partial charge in [0.2, 0.25) is 0 Å². The molecule has 80 valence electrons. The smallest absolute Gasteiger partial charge is 0.115 e. The highest BCUT2D eigenvalue weighted by Gasteiger charge is 1.98. The van der Waals surface area contributed by atoms with Crippen LogP contribution in [0.3, 0.4) is 0 Å². The largest absolute Gasteiger partial charge is 0.512 e. The van der Waals surface area contributed by atoms with Crippen molar-refractivity contribution in [2.24, 2.45) is 5.92 Å². The lowest BCUT2D eigenvalue weighted by Crippen LogP contribution is -2.13. The molecular formula is C11H19NO2. The summed E-state index contributed by atoms with van der Waals surface area (Å²) in [5.41, 5.74) is 0. The number of aliphatic hydroxyl groups is 2. The molecule has 0 aromatic heterocycles. The van der Waals surface area contributed by atoms with Gasteiger partial charge >= 0.3 is 0 Å². The van der Waals surface area contributed by atoms with Gasteiger partial charge in [-0.3, -0.25) is 0 Å². The lowest BCUT2D eigenvalue weighted by atomic mass is 10.1. The Morgan fingerprint density at radius 2 is 2.14 bits per heavy atom. The Labute approximate surface area is 85.5 Å². The van der Waals surface area contributed by atoms with E-state index in [1.807, 2.05) is 13.8 Å². The molecule has 0 saturated heterocycles. The minimum atomic E-state index is 0.0997. The van der Waals surface area contributed by atoms with E-state index in [-0.39, 0.29) is 17.4 Å². The van der Waals surface area contributed by atoms with Crippen LogP contribution >= 0.6 is 0 Å². The van der Waals surface area contributed by atoms with Crippen molar-refractivity contribution in [1.29, 1.82) is 0 Å². The SMILES string of the molecule is C=CNCC(C)/C=C(O)\C=C(\O)CC. The molecule has 0 radical (unpaired) electrons. The van der Waals surface area contributed by atoms with E-state index in [0.717, 1.165) is 0 Å². The molecule has 14 heavy (non-hydrogen) atoms. The average molecular weight is 197 g/mol. The van der Waals surface area contributed by atoms with Crippen LogP contribution in [0, 0.1) is 5.92 Å². The number of aliphatic hydroxyl groups excluding tert-OH is 2. The maximum absolute atomic E-state index is 9.39. The van der Waals surface area contributed by atoms with Crippen molar-refractivity contribution < 1.29 is 10.2 Å². The first-order valence-corrected chi connectivity index (χ1v) is 4.74. The van der Waals surface area contributed by atoms with Gasteiger partial charge in [-0.25, -0.2) is 0 Å². The summed E-state index contributed by atoms with van der Waals surface area (Å²) in [7, 11) is 0. The first-order valence-electron chi connectivity index (χ1n) is 4.74. The van der Waals surface area contributed by atoms with Gasteiger partial charge in [0.25, 0.3) is 0 Å². The Morgan fingerprint density at radius 1 is 1.50 bits per heavy atom. The Morgan fingerprint density at radius 3 is 2.64 bits per heavy atom. The minimum Gasteiger partial charge on any atom is -0.512 e. The number of nitrogens with one attached hydrogen (secondary N) is 1. The monoisotopic (exact) mass is 197 g/mol. The Balaban J connectivity index is 4.14. The van der Waals surface area contributed by atoms with Gasteiger partial charge < -0.3 is 15.5 Å². The highest BCUT2D eigenvalue weighted by atomic mass is 16.3. The highest BCUT2D eigenvalue weighted by Crippen LogP contribution is 2.04. The maximum atomic E-state index is 9.39. The fourth-order valence-electron chi connectivity index (χ4n) is 0.941. The molecule has 0 bridgehead atoms. The van der Waals surface area contributed by atoms with Crippen LogP contribution in [0.15, 0.2) is 36.4 Å². The third-order valence-electron chi connectivity index (χ3n) is 1.72. The van der Waals surface area contributed by atoms with Gasteiger partial charge in [-0.1, -0.05) is 20.4 Å². The number of allylic oxidation sites excluding steroid dienone is 2. The number of hydrogen-bond acceptors (Lipinski definition) is 3. The van der Waals surface area contributed by atoms with Crippen molar-refractivity contribution in [1.82, 2.24) is 5.32 Å². The molecule has 1 unspecified atom stereocenters. The van der Waals surface area contributed by atoms with E-state index >= 15 is 0 Å². The summed E-state index contributed by atoms with van der Waals surface area (Å²) in [5.74, 6) is 0.472. The second-order valence-electron chi connectivity index (χ2n) is 3.17. The normalized spacial score (nSPS) is 15.0. The van der Waals surface area contributed by atoms with E-state index in [0.29, 0.717) is 13.0 Å². The van der Waals surface area contributed by atoms with Crippen LogP contribution in [0.5, 0.6) is 0 Å². The fraction of sp³-hybridized carbons (Fsp3) is 0.455. The predicted molar refractivity (Wildman–Crippen MR) is 59.1 cm³/mol. The molecule has 3 heteroatoms. The maximum Gasteiger partial charge on any atom is 0.115 e. The molecule has 0 saturated carbocycles. The molecule has 0 fully saturated rings. The van der Waals surface area contributed by atoms with E-state index in [2.05, 4.69) is 11.9 Å². The van der Waals surface area contributed by atoms with E-state index in [1.54, 1.807) is 12.3 Å². The summed E-state index contributed by atoms with van der Waals surface area (Å²) in [4.78, 5) is 0. The fourth-order valence-corrected chi connectivity index (χ4v) is 0.941. The molecule has 0 aromatic rings. The summed E-state index contributed by atoms with van der Waals surface area (Å²) in [5, 5.41) is 21.5. The first kappa shape index (κ1) is 12.6. The third-order valence-corrected chi connectivity index (χ3v) is 1.72. The van der Waals surface area contributed by atoms with Crippen LogP contribution in [0.1, 0.15) is 20.3 Å². The summed E-state index contributed by atoms with van der Waals surface area (Å²) in [6.45, 7) is 8.03. The molecule has 3 N–H and O–H groups in total. The van der Waals surface area contributed by atoms with Gasteiger partial charge in [-0.2, -0.15) is 0 Å². The van der Waals surface area contributed by atoms with Crippen molar-refractivity contribution in [3.8, 4) is 0 Å².